The second-order valence-electron chi connectivity index (χ2n) is 4.75. The Balaban J connectivity index is 1.70. The molecule has 0 unspecified atom stereocenters. The molecule has 0 saturated heterocycles. The van der Waals surface area contributed by atoms with Gasteiger partial charge in [-0.15, -0.1) is 0 Å². The third-order valence-electron chi connectivity index (χ3n) is 3.14. The molecule has 0 saturated carbocycles. The number of aryl methyl sites for hydroxylation is 1. The van der Waals surface area contributed by atoms with Crippen LogP contribution in [0.3, 0.4) is 0 Å². The van der Waals surface area contributed by atoms with Crippen LogP contribution in [-0.2, 0) is 5.75 Å². The van der Waals surface area contributed by atoms with E-state index in [4.69, 9.17) is 11.6 Å². The Bertz CT molecular complexity index is 615. The van der Waals surface area contributed by atoms with Crippen LogP contribution < -0.4 is 5.32 Å². The second-order valence-corrected chi connectivity index (χ2v) is 6.29. The molecule has 2 rings (SSSR count). The topological polar surface area (TPSA) is 29.1 Å². The molecule has 0 radical (unpaired) electrons. The van der Waals surface area contributed by atoms with Crippen molar-refractivity contribution in [3.63, 3.8) is 0 Å². The molecule has 0 atom stereocenters. The largest absolute Gasteiger partial charge is 0.351 e. The molecule has 0 aliphatic rings. The molecule has 0 fully saturated rings. The summed E-state index contributed by atoms with van der Waals surface area (Å²) in [5.74, 6) is 1.79. The minimum atomic E-state index is -0.0750. The van der Waals surface area contributed by atoms with Crippen LogP contribution in [0.15, 0.2) is 48.5 Å². The lowest BCUT2D eigenvalue weighted by molar-refractivity contribution is 0.0956. The van der Waals surface area contributed by atoms with Crippen LogP contribution in [0, 0.1) is 6.92 Å². The summed E-state index contributed by atoms with van der Waals surface area (Å²) in [6.45, 7) is 2.78. The van der Waals surface area contributed by atoms with Crippen molar-refractivity contribution in [3.8, 4) is 0 Å². The lowest BCUT2D eigenvalue weighted by Crippen LogP contribution is -2.25. The molecular formula is C17H18ClNOS. The highest BCUT2D eigenvalue weighted by Gasteiger charge is 2.05. The van der Waals surface area contributed by atoms with Gasteiger partial charge < -0.3 is 5.32 Å². The van der Waals surface area contributed by atoms with Gasteiger partial charge in [0.05, 0.1) is 0 Å². The van der Waals surface area contributed by atoms with Crippen LogP contribution in [0.1, 0.15) is 21.5 Å². The fourth-order valence-corrected chi connectivity index (χ4v) is 3.05. The van der Waals surface area contributed by atoms with E-state index in [2.05, 4.69) is 36.5 Å². The number of amides is 1. The van der Waals surface area contributed by atoms with Crippen LogP contribution in [0.25, 0.3) is 0 Å². The monoisotopic (exact) mass is 319 g/mol. The molecule has 0 aliphatic carbocycles. The Morgan fingerprint density at radius 1 is 1.19 bits per heavy atom. The molecule has 1 N–H and O–H groups in total. The molecule has 2 aromatic rings. The maximum atomic E-state index is 11.9. The van der Waals surface area contributed by atoms with Crippen molar-refractivity contribution in [2.24, 2.45) is 0 Å². The molecular weight excluding hydrogens is 302 g/mol. The van der Waals surface area contributed by atoms with Crippen molar-refractivity contribution in [2.45, 2.75) is 12.7 Å². The first-order valence-electron chi connectivity index (χ1n) is 6.83. The first-order chi connectivity index (χ1) is 10.2. The minimum absolute atomic E-state index is 0.0750. The quantitative estimate of drug-likeness (QED) is 0.804. The van der Waals surface area contributed by atoms with Gasteiger partial charge in [-0.2, -0.15) is 11.8 Å². The van der Waals surface area contributed by atoms with Crippen molar-refractivity contribution < 1.29 is 4.79 Å². The van der Waals surface area contributed by atoms with Crippen LogP contribution in [0.4, 0.5) is 0 Å². The summed E-state index contributed by atoms with van der Waals surface area (Å²) in [5, 5.41) is 3.49. The predicted octanol–water partition coefficient (Wildman–Crippen LogP) is 4.31. The van der Waals surface area contributed by atoms with Crippen molar-refractivity contribution in [1.29, 1.82) is 0 Å². The summed E-state index contributed by atoms with van der Waals surface area (Å²) in [6.07, 6.45) is 0. The molecule has 0 spiro atoms. The van der Waals surface area contributed by atoms with Gasteiger partial charge in [0.25, 0.3) is 5.91 Å². The number of hydrogen-bond donors (Lipinski definition) is 1. The molecule has 0 aromatic heterocycles. The Morgan fingerprint density at radius 2 is 2.00 bits per heavy atom. The fraction of sp³-hybridized carbons (Fsp3) is 0.235. The molecule has 4 heteroatoms. The third-order valence-corrected chi connectivity index (χ3v) is 4.38. The number of carbonyl (C=O) groups excluding carboxylic acids is 1. The molecule has 2 aromatic carbocycles. The number of hydrogen-bond acceptors (Lipinski definition) is 2. The lowest BCUT2D eigenvalue weighted by Gasteiger charge is -2.07. The maximum absolute atomic E-state index is 11.9. The summed E-state index contributed by atoms with van der Waals surface area (Å²) in [4.78, 5) is 11.9. The van der Waals surface area contributed by atoms with Gasteiger partial charge in [-0.25, -0.2) is 0 Å². The summed E-state index contributed by atoms with van der Waals surface area (Å²) < 4.78 is 0. The fourth-order valence-electron chi connectivity index (χ4n) is 1.92. The summed E-state index contributed by atoms with van der Waals surface area (Å²) >= 11 is 7.69. The zero-order chi connectivity index (χ0) is 15.1. The standard InChI is InChI=1S/C17H18ClNOS/c1-13-5-2-3-6-15(13)12-21-10-9-19-17(20)14-7-4-8-16(18)11-14/h2-8,11H,9-10,12H2,1H3,(H,19,20). The van der Waals surface area contributed by atoms with Gasteiger partial charge >= 0.3 is 0 Å². The first kappa shape index (κ1) is 15.9. The van der Waals surface area contributed by atoms with E-state index in [9.17, 15) is 4.79 Å². The number of halogens is 1. The zero-order valence-corrected chi connectivity index (χ0v) is 13.5. The minimum Gasteiger partial charge on any atom is -0.351 e. The Labute approximate surface area is 134 Å². The Morgan fingerprint density at radius 3 is 2.76 bits per heavy atom. The number of benzene rings is 2. The number of nitrogens with one attached hydrogen (secondary N) is 1. The molecule has 21 heavy (non-hydrogen) atoms. The van der Waals surface area contributed by atoms with E-state index < -0.39 is 0 Å². The van der Waals surface area contributed by atoms with E-state index >= 15 is 0 Å². The molecule has 0 bridgehead atoms. The van der Waals surface area contributed by atoms with Crippen LogP contribution >= 0.6 is 23.4 Å². The molecule has 1 amide bonds. The van der Waals surface area contributed by atoms with Crippen molar-refractivity contribution in [1.82, 2.24) is 5.32 Å². The van der Waals surface area contributed by atoms with Crippen LogP contribution in [0.2, 0.25) is 5.02 Å². The second kappa shape index (κ2) is 8.11. The van der Waals surface area contributed by atoms with Gasteiger partial charge in [0.1, 0.15) is 0 Å². The number of rotatable bonds is 6. The van der Waals surface area contributed by atoms with E-state index in [1.807, 2.05) is 11.8 Å². The van der Waals surface area contributed by atoms with Gasteiger partial charge in [0, 0.05) is 28.6 Å². The molecule has 2 nitrogen and oxygen atoms in total. The lowest BCUT2D eigenvalue weighted by atomic mass is 10.1. The van der Waals surface area contributed by atoms with Crippen LogP contribution in [0.5, 0.6) is 0 Å². The zero-order valence-electron chi connectivity index (χ0n) is 11.9. The molecule has 0 aliphatic heterocycles. The summed E-state index contributed by atoms with van der Waals surface area (Å²) in [7, 11) is 0. The third kappa shape index (κ3) is 5.10. The van der Waals surface area contributed by atoms with Crippen molar-refractivity contribution in [2.75, 3.05) is 12.3 Å². The van der Waals surface area contributed by atoms with Gasteiger partial charge in [-0.05, 0) is 36.2 Å². The molecule has 110 valence electrons. The SMILES string of the molecule is Cc1ccccc1CSCCNC(=O)c1cccc(Cl)c1. The summed E-state index contributed by atoms with van der Waals surface area (Å²) in [6, 6.07) is 15.4. The Kier molecular flexibility index (Phi) is 6.15. The first-order valence-corrected chi connectivity index (χ1v) is 8.36. The molecule has 0 heterocycles. The average molecular weight is 320 g/mol. The van der Waals surface area contributed by atoms with E-state index in [-0.39, 0.29) is 5.91 Å². The van der Waals surface area contributed by atoms with E-state index in [0.717, 1.165) is 11.5 Å². The van der Waals surface area contributed by atoms with Gasteiger partial charge in [-0.1, -0.05) is 41.9 Å². The van der Waals surface area contributed by atoms with Gasteiger partial charge in [0.2, 0.25) is 0 Å². The Hall–Kier alpha value is -1.45. The average Bonchev–Trinajstić information content (AvgIpc) is 2.48. The van der Waals surface area contributed by atoms with E-state index in [1.54, 1.807) is 24.3 Å². The highest BCUT2D eigenvalue weighted by Crippen LogP contribution is 2.15. The maximum Gasteiger partial charge on any atom is 0.251 e. The highest BCUT2D eigenvalue weighted by molar-refractivity contribution is 7.98. The van der Waals surface area contributed by atoms with Crippen LogP contribution in [-0.4, -0.2) is 18.2 Å². The van der Waals surface area contributed by atoms with Crippen molar-refractivity contribution >= 4 is 29.3 Å². The van der Waals surface area contributed by atoms with Crippen molar-refractivity contribution in [3.05, 3.63) is 70.2 Å². The normalized spacial score (nSPS) is 10.4. The van der Waals surface area contributed by atoms with E-state index in [1.165, 1.54) is 11.1 Å². The predicted molar refractivity (Wildman–Crippen MR) is 91.1 cm³/mol. The van der Waals surface area contributed by atoms with E-state index in [0.29, 0.717) is 17.1 Å². The number of thioether (sulfide) groups is 1. The van der Waals surface area contributed by atoms with Gasteiger partial charge in [-0.3, -0.25) is 4.79 Å². The summed E-state index contributed by atoms with van der Waals surface area (Å²) in [5.41, 5.74) is 3.27. The number of carbonyl (C=O) groups is 1. The highest BCUT2D eigenvalue weighted by atomic mass is 35.5. The van der Waals surface area contributed by atoms with Gasteiger partial charge in [0.15, 0.2) is 0 Å². The smallest absolute Gasteiger partial charge is 0.251 e.